The zero-order chi connectivity index (χ0) is 16.4. The summed E-state index contributed by atoms with van der Waals surface area (Å²) >= 11 is 0. The van der Waals surface area contributed by atoms with Crippen molar-refractivity contribution in [1.82, 2.24) is 0 Å². The van der Waals surface area contributed by atoms with Crippen molar-refractivity contribution in [3.8, 4) is 0 Å². The van der Waals surface area contributed by atoms with Crippen molar-refractivity contribution in [3.05, 3.63) is 0 Å². The first-order valence-electron chi connectivity index (χ1n) is 7.07. The molecule has 1 unspecified atom stereocenters. The van der Waals surface area contributed by atoms with Gasteiger partial charge in [0, 0.05) is 0 Å². The highest BCUT2D eigenvalue weighted by Crippen LogP contribution is 2.37. The van der Waals surface area contributed by atoms with E-state index in [0.717, 1.165) is 0 Å². The van der Waals surface area contributed by atoms with Crippen LogP contribution in [-0.2, 0) is 14.3 Å². The van der Waals surface area contributed by atoms with Crippen LogP contribution >= 0.6 is 0 Å². The fourth-order valence-electron chi connectivity index (χ4n) is 1.87. The summed E-state index contributed by atoms with van der Waals surface area (Å²) < 4.78 is 5.31. The summed E-state index contributed by atoms with van der Waals surface area (Å²) in [5.74, 6) is -2.14. The molecule has 0 aliphatic carbocycles. The fourth-order valence-corrected chi connectivity index (χ4v) is 1.87. The van der Waals surface area contributed by atoms with Crippen LogP contribution in [0.1, 0.15) is 61.8 Å². The molecule has 0 heterocycles. The Morgan fingerprint density at radius 3 is 1.70 bits per heavy atom. The van der Waals surface area contributed by atoms with Crippen molar-refractivity contribution in [3.63, 3.8) is 0 Å². The van der Waals surface area contributed by atoms with Crippen molar-refractivity contribution in [2.45, 2.75) is 61.8 Å². The minimum Gasteiger partial charge on any atom is -0.481 e. The quantitative estimate of drug-likeness (QED) is 0.782. The third-order valence-electron chi connectivity index (χ3n) is 3.15. The van der Waals surface area contributed by atoms with Crippen LogP contribution in [0.4, 0.5) is 0 Å². The van der Waals surface area contributed by atoms with E-state index in [9.17, 15) is 14.7 Å². The maximum absolute atomic E-state index is 12.3. The number of carbonyl (C=O) groups excluding carboxylic acids is 1. The molecule has 0 aliphatic heterocycles. The normalized spacial score (nSPS) is 14.8. The Labute approximate surface area is 122 Å². The number of ether oxygens (including phenoxy) is 1. The van der Waals surface area contributed by atoms with Gasteiger partial charge in [0.2, 0.25) is 0 Å². The van der Waals surface area contributed by atoms with Crippen LogP contribution in [0.2, 0.25) is 0 Å². The van der Waals surface area contributed by atoms with Crippen LogP contribution in [-0.4, -0.2) is 23.7 Å². The summed E-state index contributed by atoms with van der Waals surface area (Å²) in [4.78, 5) is 23.8. The average Bonchev–Trinajstić information content (AvgIpc) is 2.19. The molecule has 1 atom stereocenters. The van der Waals surface area contributed by atoms with E-state index in [0.29, 0.717) is 6.42 Å². The molecule has 0 saturated heterocycles. The summed E-state index contributed by atoms with van der Waals surface area (Å²) in [6.45, 7) is 15.4. The molecule has 0 aromatic rings. The van der Waals surface area contributed by atoms with Crippen LogP contribution in [0.25, 0.3) is 0 Å². The van der Waals surface area contributed by atoms with Gasteiger partial charge in [0.05, 0.1) is 17.9 Å². The van der Waals surface area contributed by atoms with E-state index in [1.165, 1.54) is 0 Å². The molecule has 0 aromatic heterocycles. The van der Waals surface area contributed by atoms with Crippen LogP contribution in [0.15, 0.2) is 0 Å². The van der Waals surface area contributed by atoms with Gasteiger partial charge in [0.1, 0.15) is 0 Å². The predicted octanol–water partition coefficient (Wildman–Crippen LogP) is 3.74. The van der Waals surface area contributed by atoms with E-state index in [2.05, 4.69) is 0 Å². The smallest absolute Gasteiger partial charge is 0.312 e. The highest BCUT2D eigenvalue weighted by atomic mass is 16.5. The zero-order valence-corrected chi connectivity index (χ0v) is 14.2. The highest BCUT2D eigenvalue weighted by Gasteiger charge is 2.44. The molecule has 0 radical (unpaired) electrons. The number of carboxylic acids is 1. The predicted molar refractivity (Wildman–Crippen MR) is 79.4 cm³/mol. The molecule has 1 N–H and O–H groups in total. The van der Waals surface area contributed by atoms with Crippen molar-refractivity contribution in [2.24, 2.45) is 22.2 Å². The van der Waals surface area contributed by atoms with Crippen LogP contribution in [0.5, 0.6) is 0 Å². The fraction of sp³-hybridized carbons (Fsp3) is 0.875. The number of carboxylic acid groups (broad SMARTS) is 1. The van der Waals surface area contributed by atoms with Gasteiger partial charge in [-0.15, -0.1) is 0 Å². The molecule has 0 aliphatic rings. The average molecular weight is 286 g/mol. The van der Waals surface area contributed by atoms with E-state index < -0.39 is 23.3 Å². The van der Waals surface area contributed by atoms with Gasteiger partial charge in [-0.1, -0.05) is 41.5 Å². The van der Waals surface area contributed by atoms with Crippen molar-refractivity contribution in [1.29, 1.82) is 0 Å². The van der Waals surface area contributed by atoms with Crippen LogP contribution in [0, 0.1) is 22.2 Å². The van der Waals surface area contributed by atoms with Gasteiger partial charge in [-0.2, -0.15) is 0 Å². The molecule has 0 fully saturated rings. The summed E-state index contributed by atoms with van der Waals surface area (Å²) in [6, 6.07) is 0. The minimum absolute atomic E-state index is 0.130. The lowest BCUT2D eigenvalue weighted by Crippen LogP contribution is -2.41. The van der Waals surface area contributed by atoms with E-state index in [-0.39, 0.29) is 17.4 Å². The van der Waals surface area contributed by atoms with E-state index >= 15 is 0 Å². The monoisotopic (exact) mass is 286 g/mol. The van der Waals surface area contributed by atoms with Crippen molar-refractivity contribution < 1.29 is 19.4 Å². The summed E-state index contributed by atoms with van der Waals surface area (Å²) in [7, 11) is 0. The Bertz CT molecular complexity index is 356. The second kappa shape index (κ2) is 6.15. The van der Waals surface area contributed by atoms with Gasteiger partial charge < -0.3 is 9.84 Å². The number of aliphatic carboxylic acids is 1. The molecule has 4 nitrogen and oxygen atoms in total. The molecular formula is C16H30O4. The molecule has 0 aromatic carbocycles. The van der Waals surface area contributed by atoms with Gasteiger partial charge in [-0.3, -0.25) is 9.59 Å². The highest BCUT2D eigenvalue weighted by molar-refractivity contribution is 5.84. The van der Waals surface area contributed by atoms with E-state index in [1.54, 1.807) is 13.8 Å². The molecular weight excluding hydrogens is 256 g/mol. The summed E-state index contributed by atoms with van der Waals surface area (Å²) in [5, 5.41) is 9.44. The third kappa shape index (κ3) is 6.40. The zero-order valence-electron chi connectivity index (χ0n) is 14.2. The second-order valence-corrected chi connectivity index (χ2v) is 8.51. The second-order valence-electron chi connectivity index (χ2n) is 8.51. The van der Waals surface area contributed by atoms with Crippen molar-refractivity contribution >= 4 is 11.9 Å². The van der Waals surface area contributed by atoms with Crippen LogP contribution < -0.4 is 0 Å². The Morgan fingerprint density at radius 2 is 1.40 bits per heavy atom. The lowest BCUT2D eigenvalue weighted by Gasteiger charge is -2.34. The molecule has 20 heavy (non-hydrogen) atoms. The molecule has 0 saturated carbocycles. The van der Waals surface area contributed by atoms with Gasteiger partial charge in [0.25, 0.3) is 0 Å². The van der Waals surface area contributed by atoms with Crippen molar-refractivity contribution in [2.75, 3.05) is 6.61 Å². The molecule has 0 rings (SSSR count). The molecule has 0 spiro atoms. The number of hydrogen-bond acceptors (Lipinski definition) is 3. The molecule has 4 heteroatoms. The Balaban J connectivity index is 5.03. The summed E-state index contributed by atoms with van der Waals surface area (Å²) in [5.41, 5.74) is -1.33. The Morgan fingerprint density at radius 1 is 0.950 bits per heavy atom. The number of hydrogen-bond donors (Lipinski definition) is 1. The first-order chi connectivity index (χ1) is 8.67. The summed E-state index contributed by atoms with van der Waals surface area (Å²) in [6.07, 6.45) is 0.431. The number of rotatable bonds is 5. The molecule has 0 bridgehead atoms. The number of esters is 1. The maximum Gasteiger partial charge on any atom is 0.312 e. The van der Waals surface area contributed by atoms with Gasteiger partial charge in [0.15, 0.2) is 0 Å². The van der Waals surface area contributed by atoms with Crippen LogP contribution in [0.3, 0.4) is 0 Å². The SMILES string of the molecule is CC(C)(C)COC(=O)C(C)(C)C(CC(C)(C)C)C(=O)O. The lowest BCUT2D eigenvalue weighted by molar-refractivity contribution is -0.168. The first kappa shape index (κ1) is 18.9. The maximum atomic E-state index is 12.3. The van der Waals surface area contributed by atoms with Gasteiger partial charge in [-0.05, 0) is 31.1 Å². The number of carbonyl (C=O) groups is 2. The topological polar surface area (TPSA) is 63.6 Å². The Hall–Kier alpha value is -1.06. The Kier molecular flexibility index (Phi) is 5.82. The van der Waals surface area contributed by atoms with Gasteiger partial charge >= 0.3 is 11.9 Å². The van der Waals surface area contributed by atoms with E-state index in [1.807, 2.05) is 41.5 Å². The molecule has 118 valence electrons. The third-order valence-corrected chi connectivity index (χ3v) is 3.15. The minimum atomic E-state index is -1.04. The lowest BCUT2D eigenvalue weighted by atomic mass is 9.71. The molecule has 0 amide bonds. The standard InChI is InChI=1S/C16H30O4/c1-14(2,3)9-11(12(17)18)16(7,8)13(19)20-10-15(4,5)6/h11H,9-10H2,1-8H3,(H,17,18). The van der Waals surface area contributed by atoms with E-state index in [4.69, 9.17) is 4.74 Å². The van der Waals surface area contributed by atoms with Gasteiger partial charge in [-0.25, -0.2) is 0 Å². The first-order valence-corrected chi connectivity index (χ1v) is 7.07. The largest absolute Gasteiger partial charge is 0.481 e.